The first-order valence-corrected chi connectivity index (χ1v) is 8.00. The van der Waals surface area contributed by atoms with Crippen LogP contribution in [0.2, 0.25) is 5.15 Å². The number of sulfonamides is 1. The van der Waals surface area contributed by atoms with Crippen LogP contribution in [0.4, 0.5) is 4.39 Å². The van der Waals surface area contributed by atoms with Crippen LogP contribution in [0.25, 0.3) is 0 Å². The summed E-state index contributed by atoms with van der Waals surface area (Å²) in [7, 11) is -2.48. The highest BCUT2D eigenvalue weighted by Gasteiger charge is 2.29. The zero-order valence-electron chi connectivity index (χ0n) is 11.5. The highest BCUT2D eigenvalue weighted by molar-refractivity contribution is 7.89. The molecular weight excluding hydrogens is 315 g/mol. The molecule has 0 N–H and O–H groups in total. The second-order valence-electron chi connectivity index (χ2n) is 4.51. The van der Waals surface area contributed by atoms with E-state index < -0.39 is 21.9 Å². The molecule has 1 heterocycles. The molecule has 21 heavy (non-hydrogen) atoms. The number of benzene rings is 1. The van der Waals surface area contributed by atoms with Gasteiger partial charge >= 0.3 is 0 Å². The molecule has 0 bridgehead atoms. The third kappa shape index (κ3) is 3.07. The van der Waals surface area contributed by atoms with Crippen molar-refractivity contribution in [1.29, 1.82) is 0 Å². The summed E-state index contributed by atoms with van der Waals surface area (Å²) in [5.41, 5.74) is 0.295. The maximum atomic E-state index is 13.8. The fraction of sp³-hybridized carbons (Fsp3) is 0.214. The van der Waals surface area contributed by atoms with Crippen molar-refractivity contribution in [1.82, 2.24) is 9.29 Å². The predicted molar refractivity (Wildman–Crippen MR) is 79.0 cm³/mol. The predicted octanol–water partition coefficient (Wildman–Crippen LogP) is 3.26. The van der Waals surface area contributed by atoms with E-state index in [1.807, 2.05) is 0 Å². The van der Waals surface area contributed by atoms with E-state index in [4.69, 9.17) is 11.6 Å². The van der Waals surface area contributed by atoms with Gasteiger partial charge in [0.05, 0.1) is 0 Å². The summed E-state index contributed by atoms with van der Waals surface area (Å²) in [5, 5.41) is -0.106. The molecule has 1 atom stereocenters. The van der Waals surface area contributed by atoms with Crippen LogP contribution in [0.3, 0.4) is 0 Å². The Hall–Kier alpha value is -1.50. The number of hydrogen-bond donors (Lipinski definition) is 0. The van der Waals surface area contributed by atoms with Crippen LogP contribution in [0.5, 0.6) is 0 Å². The lowest BCUT2D eigenvalue weighted by atomic mass is 10.1. The maximum Gasteiger partial charge on any atom is 0.246 e. The molecule has 0 radical (unpaired) electrons. The summed E-state index contributed by atoms with van der Waals surface area (Å²) in [4.78, 5) is 3.66. The minimum Gasteiger partial charge on any atom is -0.243 e. The summed E-state index contributed by atoms with van der Waals surface area (Å²) in [6.07, 6.45) is 1.40. The van der Waals surface area contributed by atoms with Crippen LogP contribution in [0.15, 0.2) is 47.5 Å². The van der Waals surface area contributed by atoms with Gasteiger partial charge in [0.1, 0.15) is 15.9 Å². The van der Waals surface area contributed by atoms with E-state index in [1.165, 1.54) is 31.4 Å². The zero-order valence-corrected chi connectivity index (χ0v) is 13.1. The van der Waals surface area contributed by atoms with Gasteiger partial charge in [0.15, 0.2) is 0 Å². The molecular formula is C14H14ClFN2O2S. The third-order valence-electron chi connectivity index (χ3n) is 3.28. The van der Waals surface area contributed by atoms with Crippen molar-refractivity contribution >= 4 is 21.6 Å². The van der Waals surface area contributed by atoms with E-state index in [0.717, 1.165) is 4.31 Å². The average molecular weight is 329 g/mol. The van der Waals surface area contributed by atoms with Crippen molar-refractivity contribution in [3.63, 3.8) is 0 Å². The Kier molecular flexibility index (Phi) is 4.61. The van der Waals surface area contributed by atoms with E-state index >= 15 is 0 Å². The lowest BCUT2D eigenvalue weighted by Crippen LogP contribution is -2.30. The molecule has 2 rings (SSSR count). The van der Waals surface area contributed by atoms with Crippen LogP contribution < -0.4 is 0 Å². The van der Waals surface area contributed by atoms with Gasteiger partial charge in [-0.1, -0.05) is 29.8 Å². The molecule has 0 saturated heterocycles. The Morgan fingerprint density at radius 2 is 1.90 bits per heavy atom. The summed E-state index contributed by atoms with van der Waals surface area (Å²) in [6.45, 7) is 1.61. The van der Waals surface area contributed by atoms with Crippen LogP contribution in [0.1, 0.15) is 18.5 Å². The molecule has 0 fully saturated rings. The van der Waals surface area contributed by atoms with Gasteiger partial charge in [-0.3, -0.25) is 0 Å². The van der Waals surface area contributed by atoms with Crippen molar-refractivity contribution in [2.24, 2.45) is 0 Å². The van der Waals surface area contributed by atoms with Crippen molar-refractivity contribution < 1.29 is 12.8 Å². The van der Waals surface area contributed by atoms with Gasteiger partial charge in [-0.2, -0.15) is 4.31 Å². The van der Waals surface area contributed by atoms with Gasteiger partial charge in [-0.25, -0.2) is 17.8 Å². The number of aromatic nitrogens is 1. The minimum absolute atomic E-state index is 0.0997. The molecule has 0 aliphatic carbocycles. The average Bonchev–Trinajstić information content (AvgIpc) is 2.46. The Morgan fingerprint density at radius 3 is 2.52 bits per heavy atom. The van der Waals surface area contributed by atoms with Crippen LogP contribution >= 0.6 is 11.6 Å². The van der Waals surface area contributed by atoms with E-state index in [-0.39, 0.29) is 10.0 Å². The van der Waals surface area contributed by atoms with E-state index in [2.05, 4.69) is 4.98 Å². The van der Waals surface area contributed by atoms with Crippen LogP contribution in [-0.4, -0.2) is 24.8 Å². The van der Waals surface area contributed by atoms with Crippen molar-refractivity contribution in [3.8, 4) is 0 Å². The number of pyridine rings is 1. The summed E-state index contributed by atoms with van der Waals surface area (Å²) in [6, 6.07) is 8.24. The zero-order chi connectivity index (χ0) is 15.6. The van der Waals surface area contributed by atoms with E-state index in [0.29, 0.717) is 5.56 Å². The number of hydrogen-bond acceptors (Lipinski definition) is 3. The van der Waals surface area contributed by atoms with Crippen molar-refractivity contribution in [2.75, 3.05) is 7.05 Å². The lowest BCUT2D eigenvalue weighted by Gasteiger charge is -2.25. The van der Waals surface area contributed by atoms with Gasteiger partial charge < -0.3 is 0 Å². The van der Waals surface area contributed by atoms with Crippen molar-refractivity contribution in [3.05, 3.63) is 59.1 Å². The molecule has 0 aliphatic rings. The highest BCUT2D eigenvalue weighted by atomic mass is 35.5. The number of halogens is 2. The minimum atomic E-state index is -3.86. The molecule has 1 aromatic heterocycles. The fourth-order valence-electron chi connectivity index (χ4n) is 1.94. The fourth-order valence-corrected chi connectivity index (χ4v) is 3.70. The quantitative estimate of drug-likeness (QED) is 0.809. The number of nitrogens with zero attached hydrogens (tertiary/aromatic N) is 2. The highest BCUT2D eigenvalue weighted by Crippen LogP contribution is 2.29. The summed E-state index contributed by atoms with van der Waals surface area (Å²) < 4.78 is 40.0. The van der Waals surface area contributed by atoms with Gasteiger partial charge in [-0.05, 0) is 25.1 Å². The Labute approximate surface area is 128 Å². The first-order chi connectivity index (χ1) is 9.85. The topological polar surface area (TPSA) is 50.3 Å². The Balaban J connectivity index is 2.42. The monoisotopic (exact) mass is 328 g/mol. The molecule has 4 nitrogen and oxygen atoms in total. The van der Waals surface area contributed by atoms with Crippen LogP contribution in [-0.2, 0) is 10.0 Å². The Bertz CT molecular complexity index is 752. The molecule has 2 aromatic rings. The van der Waals surface area contributed by atoms with Crippen LogP contribution in [0, 0.1) is 5.82 Å². The summed E-state index contributed by atoms with van der Waals surface area (Å²) in [5.74, 6) is -0.454. The molecule has 0 spiro atoms. The molecule has 1 aromatic carbocycles. The second-order valence-corrected chi connectivity index (χ2v) is 6.84. The third-order valence-corrected chi connectivity index (χ3v) is 5.66. The Morgan fingerprint density at radius 1 is 1.24 bits per heavy atom. The van der Waals surface area contributed by atoms with Gasteiger partial charge in [0.25, 0.3) is 0 Å². The molecule has 1 unspecified atom stereocenters. The first-order valence-electron chi connectivity index (χ1n) is 6.18. The normalized spacial score (nSPS) is 13.4. The maximum absolute atomic E-state index is 13.8. The van der Waals surface area contributed by atoms with Gasteiger partial charge in [-0.15, -0.1) is 0 Å². The largest absolute Gasteiger partial charge is 0.246 e. The molecule has 0 aliphatic heterocycles. The SMILES string of the molecule is CC(c1ccccc1F)N(C)S(=O)(=O)c1cccnc1Cl. The standard InChI is InChI=1S/C14H14ClFN2O2S/c1-10(11-6-3-4-7-12(11)16)18(2)21(19,20)13-8-5-9-17-14(13)15/h3-10H,1-2H3. The molecule has 7 heteroatoms. The first kappa shape index (κ1) is 15.9. The lowest BCUT2D eigenvalue weighted by molar-refractivity contribution is 0.387. The van der Waals surface area contributed by atoms with Crippen molar-refractivity contribution in [2.45, 2.75) is 17.9 Å². The van der Waals surface area contributed by atoms with Gasteiger partial charge in [0, 0.05) is 24.8 Å². The molecule has 0 saturated carbocycles. The van der Waals surface area contributed by atoms with E-state index in [9.17, 15) is 12.8 Å². The smallest absolute Gasteiger partial charge is 0.243 e. The molecule has 0 amide bonds. The van der Waals surface area contributed by atoms with Gasteiger partial charge in [0.2, 0.25) is 10.0 Å². The van der Waals surface area contributed by atoms with E-state index in [1.54, 1.807) is 25.1 Å². The molecule has 112 valence electrons. The summed E-state index contributed by atoms with van der Waals surface area (Å²) >= 11 is 5.84. The number of rotatable bonds is 4. The second kappa shape index (κ2) is 6.09.